The van der Waals surface area contributed by atoms with Gasteiger partial charge in [0.25, 0.3) is 0 Å². The van der Waals surface area contributed by atoms with Crippen molar-refractivity contribution in [1.82, 2.24) is 25.3 Å². The largest absolute Gasteiger partial charge is 0.619 e. The van der Waals surface area contributed by atoms with Gasteiger partial charge in [0.1, 0.15) is 18.1 Å². The zero-order valence-corrected chi connectivity index (χ0v) is 19.5. The number of anilines is 3. The molecule has 0 spiro atoms. The molecule has 5 rings (SSSR count). The number of ether oxygens (including phenoxy) is 2. The highest BCUT2D eigenvalue weighted by molar-refractivity contribution is 5.58. The third-order valence-corrected chi connectivity index (χ3v) is 5.63. The van der Waals surface area contributed by atoms with Gasteiger partial charge >= 0.3 is 0 Å². The van der Waals surface area contributed by atoms with Gasteiger partial charge in [-0.25, -0.2) is 0 Å². The van der Waals surface area contributed by atoms with Crippen LogP contribution in [0.25, 0.3) is 11.3 Å². The smallest absolute Gasteiger partial charge is 0.231 e. The minimum atomic E-state index is -0.103. The summed E-state index contributed by atoms with van der Waals surface area (Å²) in [5, 5.41) is 26.2. The van der Waals surface area contributed by atoms with Crippen molar-refractivity contribution in [1.29, 1.82) is 0 Å². The lowest BCUT2D eigenvalue weighted by molar-refractivity contribution is -0.604. The Balaban J connectivity index is 1.43. The van der Waals surface area contributed by atoms with Gasteiger partial charge in [0.05, 0.1) is 18.2 Å². The number of methoxy groups -OCH3 is 1. The molecule has 12 heteroatoms. The molecule has 35 heavy (non-hydrogen) atoms. The average molecular weight is 479 g/mol. The second-order valence-corrected chi connectivity index (χ2v) is 8.21. The Bertz CT molecular complexity index is 1290. The third kappa shape index (κ3) is 5.17. The number of nitrogens with one attached hydrogen (secondary N) is 2. The predicted octanol–water partition coefficient (Wildman–Crippen LogP) is 2.91. The molecule has 0 aromatic carbocycles. The summed E-state index contributed by atoms with van der Waals surface area (Å²) < 4.78 is 17.3. The van der Waals surface area contributed by atoms with E-state index in [1.807, 2.05) is 25.1 Å². The van der Waals surface area contributed by atoms with Crippen molar-refractivity contribution in [3.05, 3.63) is 59.4 Å². The lowest BCUT2D eigenvalue weighted by atomic mass is 10.1. The molecule has 2 N–H and O–H groups in total. The van der Waals surface area contributed by atoms with Crippen LogP contribution < -0.4 is 19.7 Å². The Morgan fingerprint density at radius 2 is 2.17 bits per heavy atom. The maximum atomic E-state index is 11.7. The van der Waals surface area contributed by atoms with E-state index in [9.17, 15) is 5.21 Å². The van der Waals surface area contributed by atoms with Crippen LogP contribution in [-0.4, -0.2) is 52.2 Å². The molecular weight excluding hydrogens is 452 g/mol. The molecule has 5 heterocycles. The zero-order chi connectivity index (χ0) is 24.2. The van der Waals surface area contributed by atoms with Gasteiger partial charge in [0.15, 0.2) is 24.0 Å². The van der Waals surface area contributed by atoms with Crippen LogP contribution in [0.15, 0.2) is 47.2 Å². The van der Waals surface area contributed by atoms with Gasteiger partial charge in [-0.2, -0.15) is 19.8 Å². The van der Waals surface area contributed by atoms with E-state index in [-0.39, 0.29) is 6.04 Å². The van der Waals surface area contributed by atoms with Gasteiger partial charge in [-0.1, -0.05) is 5.16 Å². The summed E-state index contributed by atoms with van der Waals surface area (Å²) in [6.07, 6.45) is 4.68. The first-order chi connectivity index (χ1) is 17.1. The van der Waals surface area contributed by atoms with Crippen molar-refractivity contribution < 1.29 is 18.7 Å². The summed E-state index contributed by atoms with van der Waals surface area (Å²) in [5.41, 5.74) is 2.22. The number of hydrogen-bond acceptors (Lipinski definition) is 10. The van der Waals surface area contributed by atoms with Crippen LogP contribution in [0.4, 0.5) is 17.6 Å². The monoisotopic (exact) mass is 478 g/mol. The van der Waals surface area contributed by atoms with Gasteiger partial charge in [0.2, 0.25) is 11.8 Å². The Labute approximate surface area is 201 Å². The first-order valence-corrected chi connectivity index (χ1v) is 11.3. The number of aromatic nitrogens is 6. The van der Waals surface area contributed by atoms with Crippen LogP contribution >= 0.6 is 0 Å². The molecule has 1 fully saturated rings. The molecule has 0 unspecified atom stereocenters. The van der Waals surface area contributed by atoms with Crippen molar-refractivity contribution in [3.8, 4) is 17.1 Å². The molecule has 1 saturated heterocycles. The molecule has 4 aromatic rings. The fraction of sp³-hybridized carbons (Fsp3) is 0.348. The molecule has 0 saturated carbocycles. The van der Waals surface area contributed by atoms with E-state index in [2.05, 4.69) is 30.6 Å². The molecule has 1 aliphatic heterocycles. The fourth-order valence-corrected chi connectivity index (χ4v) is 4.01. The maximum absolute atomic E-state index is 11.7. The van der Waals surface area contributed by atoms with E-state index in [0.29, 0.717) is 53.7 Å². The minimum absolute atomic E-state index is 0.103. The van der Waals surface area contributed by atoms with Gasteiger partial charge in [0, 0.05) is 43.6 Å². The molecule has 4 aromatic heterocycles. The standard InChI is InChI=1S/C23H26N8O4/c1-15-11-21(28-27-15)24-20-13-22(34-10-9-33-2)26-23(25-20)31-8-4-6-18(31)19-12-17(29-35-19)16-5-3-7-30(32)14-16/h3,5,7,11-14,18H,4,6,8-10H2,1-2H3,(H2,24,25,26,27,28)/t18-/m0/s1. The number of rotatable bonds is 9. The van der Waals surface area contributed by atoms with Crippen molar-refractivity contribution >= 4 is 17.6 Å². The van der Waals surface area contributed by atoms with Crippen LogP contribution in [-0.2, 0) is 4.74 Å². The van der Waals surface area contributed by atoms with E-state index >= 15 is 0 Å². The van der Waals surface area contributed by atoms with Crippen LogP contribution in [0, 0.1) is 12.1 Å². The molecule has 0 bridgehead atoms. The van der Waals surface area contributed by atoms with E-state index in [1.54, 1.807) is 19.2 Å². The first kappa shape index (κ1) is 22.6. The first-order valence-electron chi connectivity index (χ1n) is 11.3. The summed E-state index contributed by atoms with van der Waals surface area (Å²) in [6.45, 7) is 3.47. The van der Waals surface area contributed by atoms with Crippen LogP contribution in [0.2, 0.25) is 0 Å². The highest BCUT2D eigenvalue weighted by Crippen LogP contribution is 2.37. The highest BCUT2D eigenvalue weighted by Gasteiger charge is 2.32. The minimum Gasteiger partial charge on any atom is -0.619 e. The van der Waals surface area contributed by atoms with Gasteiger partial charge in [-0.3, -0.25) is 5.10 Å². The summed E-state index contributed by atoms with van der Waals surface area (Å²) in [5.74, 6) is 2.82. The van der Waals surface area contributed by atoms with E-state index in [0.717, 1.165) is 29.8 Å². The number of aromatic amines is 1. The molecule has 0 aliphatic carbocycles. The Hall–Kier alpha value is -4.19. The molecule has 1 atom stereocenters. The van der Waals surface area contributed by atoms with Crippen LogP contribution in [0.5, 0.6) is 5.88 Å². The molecule has 12 nitrogen and oxygen atoms in total. The number of nitrogens with zero attached hydrogens (tertiary/aromatic N) is 6. The molecule has 0 radical (unpaired) electrons. The molecule has 182 valence electrons. The Morgan fingerprint density at radius 1 is 1.26 bits per heavy atom. The molecule has 0 amide bonds. The van der Waals surface area contributed by atoms with Crippen molar-refractivity contribution in [2.75, 3.05) is 37.1 Å². The summed E-state index contributed by atoms with van der Waals surface area (Å²) in [4.78, 5) is 11.5. The normalized spacial score (nSPS) is 15.5. The second-order valence-electron chi connectivity index (χ2n) is 8.21. The third-order valence-electron chi connectivity index (χ3n) is 5.63. The summed E-state index contributed by atoms with van der Waals surface area (Å²) in [6, 6.07) is 8.88. The lowest BCUT2D eigenvalue weighted by Gasteiger charge is -2.23. The van der Waals surface area contributed by atoms with Gasteiger partial charge in [-0.15, -0.1) is 0 Å². The highest BCUT2D eigenvalue weighted by atomic mass is 16.5. The average Bonchev–Trinajstić information content (AvgIpc) is 3.60. The van der Waals surface area contributed by atoms with E-state index < -0.39 is 0 Å². The number of aryl methyl sites for hydroxylation is 1. The molecule has 1 aliphatic rings. The van der Waals surface area contributed by atoms with E-state index in [4.69, 9.17) is 19.0 Å². The quantitative estimate of drug-likeness (QED) is 0.209. The summed E-state index contributed by atoms with van der Waals surface area (Å²) >= 11 is 0. The molecular formula is C23H26N8O4. The summed E-state index contributed by atoms with van der Waals surface area (Å²) in [7, 11) is 1.62. The number of hydrogen-bond donors (Lipinski definition) is 2. The number of pyridine rings is 1. The van der Waals surface area contributed by atoms with Crippen molar-refractivity contribution in [2.24, 2.45) is 0 Å². The SMILES string of the molecule is COCCOc1cc(Nc2cc(C)[nH]n2)nc(N2CCC[C@H]2c2cc(-c3ccc[n+]([O-])c3)no2)n1. The maximum Gasteiger partial charge on any atom is 0.231 e. The lowest BCUT2D eigenvalue weighted by Crippen LogP contribution is -2.25. The van der Waals surface area contributed by atoms with Gasteiger partial charge in [-0.05, 0) is 25.8 Å². The van der Waals surface area contributed by atoms with Crippen LogP contribution in [0.1, 0.15) is 30.3 Å². The number of H-pyrrole nitrogens is 1. The fourth-order valence-electron chi connectivity index (χ4n) is 4.01. The van der Waals surface area contributed by atoms with Crippen LogP contribution in [0.3, 0.4) is 0 Å². The van der Waals surface area contributed by atoms with Crippen molar-refractivity contribution in [3.63, 3.8) is 0 Å². The van der Waals surface area contributed by atoms with E-state index in [1.165, 1.54) is 12.4 Å². The predicted molar refractivity (Wildman–Crippen MR) is 126 cm³/mol. The Morgan fingerprint density at radius 3 is 2.97 bits per heavy atom. The topological polar surface area (TPSA) is 141 Å². The zero-order valence-electron chi connectivity index (χ0n) is 19.5. The van der Waals surface area contributed by atoms with Gasteiger partial charge < -0.3 is 29.4 Å². The van der Waals surface area contributed by atoms with Crippen molar-refractivity contribution in [2.45, 2.75) is 25.8 Å². The Kier molecular flexibility index (Phi) is 6.44. The second kappa shape index (κ2) is 9.97.